The molecule has 2 aromatic heterocycles. The fraction of sp³-hybridized carbons (Fsp3) is 0.323. The average Bonchev–Trinajstić information content (AvgIpc) is 3.59. The number of amides is 2. The van der Waals surface area contributed by atoms with E-state index in [9.17, 15) is 14.0 Å². The number of likely N-dealkylation sites (tertiary alicyclic amines) is 1. The van der Waals surface area contributed by atoms with Crippen molar-refractivity contribution in [3.63, 3.8) is 0 Å². The first-order valence-electron chi connectivity index (χ1n) is 13.6. The highest BCUT2D eigenvalue weighted by atomic mass is 32.2. The zero-order valence-electron chi connectivity index (χ0n) is 22.5. The summed E-state index contributed by atoms with van der Waals surface area (Å²) in [5.74, 6) is 0.906. The van der Waals surface area contributed by atoms with E-state index in [4.69, 9.17) is 5.10 Å². The number of benzene rings is 2. The van der Waals surface area contributed by atoms with Gasteiger partial charge < -0.3 is 4.90 Å². The molecule has 2 aromatic carbocycles. The Bertz CT molecular complexity index is 1530. The molecule has 0 radical (unpaired) electrons. The van der Waals surface area contributed by atoms with Gasteiger partial charge in [0.2, 0.25) is 11.8 Å². The molecule has 0 aliphatic carbocycles. The molecule has 6 rings (SSSR count). The molecule has 40 heavy (non-hydrogen) atoms. The number of aryl methyl sites for hydroxylation is 1. The van der Waals surface area contributed by atoms with Crippen LogP contribution in [0.15, 0.2) is 66.0 Å². The Morgan fingerprint density at radius 3 is 2.50 bits per heavy atom. The zero-order valence-corrected chi connectivity index (χ0v) is 24.2. The number of halogens is 1. The van der Waals surface area contributed by atoms with Crippen LogP contribution in [0.3, 0.4) is 0 Å². The van der Waals surface area contributed by atoms with Gasteiger partial charge in [0.1, 0.15) is 23.9 Å². The summed E-state index contributed by atoms with van der Waals surface area (Å²) in [6.45, 7) is 5.60. The lowest BCUT2D eigenvalue weighted by atomic mass is 9.99. The van der Waals surface area contributed by atoms with E-state index < -0.39 is 0 Å². The van der Waals surface area contributed by atoms with Crippen LogP contribution < -0.4 is 4.90 Å². The number of para-hydroxylation sites is 1. The summed E-state index contributed by atoms with van der Waals surface area (Å²) >= 11 is 3.08. The van der Waals surface area contributed by atoms with Crippen molar-refractivity contribution in [3.8, 4) is 16.3 Å². The Labute approximate surface area is 241 Å². The molecule has 0 saturated carbocycles. The number of carbonyl (C=O) groups excluding carboxylic acids is 2. The summed E-state index contributed by atoms with van der Waals surface area (Å²) in [5, 5.41) is 6.87. The maximum absolute atomic E-state index is 13.9. The first-order valence-corrected chi connectivity index (χ1v) is 15.5. The molecule has 0 bridgehead atoms. The lowest BCUT2D eigenvalue weighted by Gasteiger charge is -2.32. The fourth-order valence-electron chi connectivity index (χ4n) is 5.48. The van der Waals surface area contributed by atoms with Gasteiger partial charge in [-0.05, 0) is 66.5 Å². The van der Waals surface area contributed by atoms with Crippen LogP contribution in [0.5, 0.6) is 0 Å². The van der Waals surface area contributed by atoms with Crippen molar-refractivity contribution in [2.45, 2.75) is 31.9 Å². The minimum atomic E-state index is -0.309. The van der Waals surface area contributed by atoms with Crippen LogP contribution in [0.25, 0.3) is 16.3 Å². The second-order valence-corrected chi connectivity index (χ2v) is 12.6. The molecular weight excluding hydrogens is 543 g/mol. The number of rotatable bonds is 5. The lowest BCUT2D eigenvalue weighted by Crippen LogP contribution is -2.46. The van der Waals surface area contributed by atoms with E-state index in [0.717, 1.165) is 45.8 Å². The Hall–Kier alpha value is -3.43. The van der Waals surface area contributed by atoms with Crippen molar-refractivity contribution in [1.29, 1.82) is 0 Å². The number of nitrogens with zero attached hydrogens (tertiary/aromatic N) is 4. The summed E-state index contributed by atoms with van der Waals surface area (Å²) in [4.78, 5) is 32.0. The monoisotopic (exact) mass is 574 g/mol. The third kappa shape index (κ3) is 5.08. The number of thiophene rings is 1. The van der Waals surface area contributed by atoms with E-state index in [2.05, 4.69) is 6.92 Å². The standard InChI is InChI=1S/C31H31FN4O2S2/c1-20-13-15-34(16-14-20)26(37)18-35-27(38)19-40-30(22-9-11-23(32)12-10-22)28-29(25-8-5-17-39-25)33-36(31(28)35)24-7-4-3-6-21(24)2/h3-12,17,20,30H,13-16,18-19H2,1-2H3. The summed E-state index contributed by atoms with van der Waals surface area (Å²) in [6.07, 6.45) is 1.94. The van der Waals surface area contributed by atoms with Crippen molar-refractivity contribution in [3.05, 3.63) is 88.6 Å². The fourth-order valence-corrected chi connectivity index (χ4v) is 7.40. The molecule has 4 aromatic rings. The van der Waals surface area contributed by atoms with Crippen LogP contribution in [0.1, 0.15) is 41.7 Å². The van der Waals surface area contributed by atoms with Crippen molar-refractivity contribution in [1.82, 2.24) is 14.7 Å². The van der Waals surface area contributed by atoms with Gasteiger partial charge in [0, 0.05) is 18.7 Å². The molecule has 1 atom stereocenters. The maximum Gasteiger partial charge on any atom is 0.242 e. The highest BCUT2D eigenvalue weighted by Crippen LogP contribution is 2.49. The number of piperidine rings is 1. The molecule has 1 unspecified atom stereocenters. The van der Waals surface area contributed by atoms with Crippen LogP contribution >= 0.6 is 23.1 Å². The molecule has 2 aliphatic rings. The summed E-state index contributed by atoms with van der Waals surface area (Å²) < 4.78 is 15.8. The first kappa shape index (κ1) is 26.8. The molecule has 9 heteroatoms. The van der Waals surface area contributed by atoms with E-state index in [-0.39, 0.29) is 35.2 Å². The second-order valence-electron chi connectivity index (χ2n) is 10.5. The Kier molecular flexibility index (Phi) is 7.51. The minimum absolute atomic E-state index is 0.0433. The highest BCUT2D eigenvalue weighted by Gasteiger charge is 2.38. The SMILES string of the molecule is Cc1ccccc1-n1nc(-c2cccs2)c2c1N(CC(=O)N1CCC(C)CC1)C(=O)CSC2c1ccc(F)cc1. The zero-order chi connectivity index (χ0) is 27.8. The molecule has 4 heterocycles. The number of hydrogen-bond acceptors (Lipinski definition) is 5. The van der Waals surface area contributed by atoms with Gasteiger partial charge in [-0.3, -0.25) is 14.5 Å². The molecular formula is C31H31FN4O2S2. The van der Waals surface area contributed by atoms with Crippen LogP contribution in [0, 0.1) is 18.7 Å². The van der Waals surface area contributed by atoms with Gasteiger partial charge in [-0.2, -0.15) is 5.10 Å². The third-order valence-electron chi connectivity index (χ3n) is 7.79. The van der Waals surface area contributed by atoms with Gasteiger partial charge in [-0.25, -0.2) is 9.07 Å². The molecule has 0 N–H and O–H groups in total. The molecule has 206 valence electrons. The first-order chi connectivity index (χ1) is 19.4. The van der Waals surface area contributed by atoms with Crippen molar-refractivity contribution in [2.24, 2.45) is 5.92 Å². The number of aromatic nitrogens is 2. The number of carbonyl (C=O) groups is 2. The van der Waals surface area contributed by atoms with E-state index in [1.54, 1.807) is 28.4 Å². The summed E-state index contributed by atoms with van der Waals surface area (Å²) in [5.41, 5.74) is 4.39. The van der Waals surface area contributed by atoms with E-state index in [0.29, 0.717) is 24.8 Å². The predicted molar refractivity (Wildman–Crippen MR) is 160 cm³/mol. The van der Waals surface area contributed by atoms with Crippen LogP contribution in [-0.4, -0.2) is 51.9 Å². The quantitative estimate of drug-likeness (QED) is 0.274. The van der Waals surface area contributed by atoms with Crippen LogP contribution in [0.2, 0.25) is 0 Å². The predicted octanol–water partition coefficient (Wildman–Crippen LogP) is 6.48. The third-order valence-corrected chi connectivity index (χ3v) is 9.92. The lowest BCUT2D eigenvalue weighted by molar-refractivity contribution is -0.132. The normalized spacial score (nSPS) is 18.1. The van der Waals surface area contributed by atoms with Gasteiger partial charge in [-0.1, -0.05) is 43.3 Å². The molecule has 6 nitrogen and oxygen atoms in total. The minimum Gasteiger partial charge on any atom is -0.341 e. The van der Waals surface area contributed by atoms with E-state index in [1.165, 1.54) is 23.9 Å². The number of fused-ring (bicyclic) bond motifs is 1. The topological polar surface area (TPSA) is 58.4 Å². The van der Waals surface area contributed by atoms with Crippen molar-refractivity contribution in [2.75, 3.05) is 30.3 Å². The maximum atomic E-state index is 13.9. The Morgan fingerprint density at radius 2 is 1.80 bits per heavy atom. The summed E-state index contributed by atoms with van der Waals surface area (Å²) in [6, 6.07) is 18.4. The van der Waals surface area contributed by atoms with Gasteiger partial charge >= 0.3 is 0 Å². The number of anilines is 1. The molecule has 1 saturated heterocycles. The van der Waals surface area contributed by atoms with E-state index in [1.807, 2.05) is 58.3 Å². The van der Waals surface area contributed by atoms with Crippen LogP contribution in [0.4, 0.5) is 10.2 Å². The van der Waals surface area contributed by atoms with Crippen molar-refractivity contribution >= 4 is 40.7 Å². The number of thioether (sulfide) groups is 1. The summed E-state index contributed by atoms with van der Waals surface area (Å²) in [7, 11) is 0. The van der Waals surface area contributed by atoms with Gasteiger partial charge in [-0.15, -0.1) is 23.1 Å². The smallest absolute Gasteiger partial charge is 0.242 e. The largest absolute Gasteiger partial charge is 0.341 e. The second kappa shape index (κ2) is 11.2. The Morgan fingerprint density at radius 1 is 1.05 bits per heavy atom. The Balaban J connectivity index is 1.55. The van der Waals surface area contributed by atoms with Crippen LogP contribution in [-0.2, 0) is 9.59 Å². The molecule has 1 fully saturated rings. The van der Waals surface area contributed by atoms with Gasteiger partial charge in [0.25, 0.3) is 0 Å². The number of hydrogen-bond donors (Lipinski definition) is 0. The van der Waals surface area contributed by atoms with Crippen molar-refractivity contribution < 1.29 is 14.0 Å². The van der Waals surface area contributed by atoms with E-state index >= 15 is 0 Å². The molecule has 2 aliphatic heterocycles. The average molecular weight is 575 g/mol. The molecule has 0 spiro atoms. The van der Waals surface area contributed by atoms with Gasteiger partial charge in [0.15, 0.2) is 0 Å². The van der Waals surface area contributed by atoms with Gasteiger partial charge in [0.05, 0.1) is 21.6 Å². The molecule has 2 amide bonds. The highest BCUT2D eigenvalue weighted by molar-refractivity contribution is 8.00.